The summed E-state index contributed by atoms with van der Waals surface area (Å²) in [6.45, 7) is 4.42. The second kappa shape index (κ2) is 6.79. The van der Waals surface area contributed by atoms with Crippen LogP contribution in [0.3, 0.4) is 0 Å². The summed E-state index contributed by atoms with van der Waals surface area (Å²) in [7, 11) is 1.72. The number of benzene rings is 1. The first-order valence-electron chi connectivity index (χ1n) is 7.17. The summed E-state index contributed by atoms with van der Waals surface area (Å²) in [5.41, 5.74) is 1.44. The lowest BCUT2D eigenvalue weighted by atomic mass is 9.73. The number of hydrogen-bond acceptors (Lipinski definition) is 2. The van der Waals surface area contributed by atoms with E-state index in [9.17, 15) is 0 Å². The van der Waals surface area contributed by atoms with Gasteiger partial charge in [-0.1, -0.05) is 38.3 Å². The van der Waals surface area contributed by atoms with E-state index in [1.54, 1.807) is 7.11 Å². The Bertz CT molecular complexity index is 343. The van der Waals surface area contributed by atoms with Gasteiger partial charge in [-0.3, -0.25) is 0 Å². The minimum absolute atomic E-state index is 0.798. The fourth-order valence-electron chi connectivity index (χ4n) is 2.71. The molecule has 0 aliphatic heterocycles. The molecule has 1 N–H and O–H groups in total. The van der Waals surface area contributed by atoms with Crippen molar-refractivity contribution in [3.8, 4) is 5.75 Å². The summed E-state index contributed by atoms with van der Waals surface area (Å²) in [6.07, 6.45) is 5.47. The van der Waals surface area contributed by atoms with Crippen LogP contribution in [0.5, 0.6) is 5.75 Å². The first-order chi connectivity index (χ1) is 8.83. The average Bonchev–Trinajstić information content (AvgIpc) is 2.34. The van der Waals surface area contributed by atoms with E-state index in [0.29, 0.717) is 0 Å². The predicted molar refractivity (Wildman–Crippen MR) is 76.1 cm³/mol. The van der Waals surface area contributed by atoms with E-state index in [0.717, 1.165) is 30.7 Å². The predicted octanol–water partition coefficient (Wildman–Crippen LogP) is 3.26. The normalized spacial score (nSPS) is 17.2. The molecule has 1 unspecified atom stereocenters. The molecule has 1 aliphatic carbocycles. The number of ether oxygens (including phenoxy) is 1. The SMILES string of the molecule is CCNCC(Cc1ccc(OC)cc1)C1CCC1. The fraction of sp³-hybridized carbons (Fsp3) is 0.625. The number of hydrogen-bond donors (Lipinski definition) is 1. The summed E-state index contributed by atoms with van der Waals surface area (Å²) in [5, 5.41) is 3.52. The van der Waals surface area contributed by atoms with Crippen molar-refractivity contribution in [2.24, 2.45) is 11.8 Å². The quantitative estimate of drug-likeness (QED) is 0.798. The third kappa shape index (κ3) is 3.49. The molecule has 0 aromatic heterocycles. The smallest absolute Gasteiger partial charge is 0.118 e. The topological polar surface area (TPSA) is 21.3 Å². The van der Waals surface area contributed by atoms with Gasteiger partial charge < -0.3 is 10.1 Å². The van der Waals surface area contributed by atoms with Crippen LogP contribution >= 0.6 is 0 Å². The minimum Gasteiger partial charge on any atom is -0.497 e. The summed E-state index contributed by atoms with van der Waals surface area (Å²) < 4.78 is 5.21. The van der Waals surface area contributed by atoms with E-state index in [-0.39, 0.29) is 0 Å². The van der Waals surface area contributed by atoms with Crippen molar-refractivity contribution >= 4 is 0 Å². The Kier molecular flexibility index (Phi) is 5.06. The molecule has 1 atom stereocenters. The maximum atomic E-state index is 5.21. The van der Waals surface area contributed by atoms with E-state index >= 15 is 0 Å². The van der Waals surface area contributed by atoms with Gasteiger partial charge in [-0.2, -0.15) is 0 Å². The third-order valence-electron chi connectivity index (χ3n) is 4.13. The Morgan fingerprint density at radius 1 is 1.28 bits per heavy atom. The molecule has 1 aliphatic rings. The molecule has 0 spiro atoms. The zero-order chi connectivity index (χ0) is 12.8. The average molecular weight is 247 g/mol. The molecule has 2 rings (SSSR count). The molecular weight excluding hydrogens is 222 g/mol. The van der Waals surface area contributed by atoms with Crippen molar-refractivity contribution in [2.45, 2.75) is 32.6 Å². The maximum absolute atomic E-state index is 5.21. The third-order valence-corrected chi connectivity index (χ3v) is 4.13. The first kappa shape index (κ1) is 13.4. The Labute approximate surface area is 111 Å². The molecule has 1 aromatic carbocycles. The molecule has 0 heterocycles. The van der Waals surface area contributed by atoms with Gasteiger partial charge in [0, 0.05) is 0 Å². The number of methoxy groups -OCH3 is 1. The second-order valence-corrected chi connectivity index (χ2v) is 5.31. The van der Waals surface area contributed by atoms with Crippen molar-refractivity contribution in [3.63, 3.8) is 0 Å². The number of nitrogens with one attached hydrogen (secondary N) is 1. The van der Waals surface area contributed by atoms with Gasteiger partial charge >= 0.3 is 0 Å². The zero-order valence-corrected chi connectivity index (χ0v) is 11.6. The van der Waals surface area contributed by atoms with E-state index in [4.69, 9.17) is 4.74 Å². The lowest BCUT2D eigenvalue weighted by molar-refractivity contribution is 0.200. The van der Waals surface area contributed by atoms with Gasteiger partial charge in [0.05, 0.1) is 7.11 Å². The second-order valence-electron chi connectivity index (χ2n) is 5.31. The lowest BCUT2D eigenvalue weighted by Gasteiger charge is -2.34. The molecule has 1 aromatic rings. The molecule has 2 heteroatoms. The summed E-state index contributed by atoms with van der Waals surface area (Å²) in [6, 6.07) is 8.55. The molecule has 18 heavy (non-hydrogen) atoms. The highest BCUT2D eigenvalue weighted by atomic mass is 16.5. The summed E-state index contributed by atoms with van der Waals surface area (Å²) >= 11 is 0. The Morgan fingerprint density at radius 3 is 2.50 bits per heavy atom. The van der Waals surface area contributed by atoms with Crippen LogP contribution in [-0.4, -0.2) is 20.2 Å². The van der Waals surface area contributed by atoms with Gasteiger partial charge in [-0.15, -0.1) is 0 Å². The molecule has 2 nitrogen and oxygen atoms in total. The monoisotopic (exact) mass is 247 g/mol. The molecule has 0 amide bonds. The van der Waals surface area contributed by atoms with Crippen molar-refractivity contribution in [2.75, 3.05) is 20.2 Å². The van der Waals surface area contributed by atoms with Crippen molar-refractivity contribution in [3.05, 3.63) is 29.8 Å². The van der Waals surface area contributed by atoms with Gasteiger partial charge in [-0.05, 0) is 49.0 Å². The van der Waals surface area contributed by atoms with Crippen LogP contribution in [0.2, 0.25) is 0 Å². The van der Waals surface area contributed by atoms with E-state index in [1.807, 2.05) is 0 Å². The first-order valence-corrected chi connectivity index (χ1v) is 7.17. The van der Waals surface area contributed by atoms with E-state index in [1.165, 1.54) is 31.2 Å². The van der Waals surface area contributed by atoms with Gasteiger partial charge in [0.15, 0.2) is 0 Å². The van der Waals surface area contributed by atoms with Gasteiger partial charge in [0.25, 0.3) is 0 Å². The largest absolute Gasteiger partial charge is 0.497 e. The zero-order valence-electron chi connectivity index (χ0n) is 11.6. The molecule has 1 saturated carbocycles. The Morgan fingerprint density at radius 2 is 2.00 bits per heavy atom. The van der Waals surface area contributed by atoms with E-state index < -0.39 is 0 Å². The van der Waals surface area contributed by atoms with Crippen LogP contribution in [0, 0.1) is 11.8 Å². The van der Waals surface area contributed by atoms with Crippen LogP contribution in [0.25, 0.3) is 0 Å². The van der Waals surface area contributed by atoms with Crippen LogP contribution in [0.4, 0.5) is 0 Å². The Balaban J connectivity index is 1.93. The van der Waals surface area contributed by atoms with Crippen molar-refractivity contribution < 1.29 is 4.74 Å². The molecule has 0 bridgehead atoms. The maximum Gasteiger partial charge on any atom is 0.118 e. The molecule has 0 saturated heterocycles. The van der Waals surface area contributed by atoms with Gasteiger partial charge in [0.1, 0.15) is 5.75 Å². The minimum atomic E-state index is 0.798. The summed E-state index contributed by atoms with van der Waals surface area (Å²) in [4.78, 5) is 0. The lowest BCUT2D eigenvalue weighted by Crippen LogP contribution is -2.33. The molecule has 1 fully saturated rings. The van der Waals surface area contributed by atoms with Crippen LogP contribution < -0.4 is 10.1 Å². The van der Waals surface area contributed by atoms with Gasteiger partial charge in [-0.25, -0.2) is 0 Å². The van der Waals surface area contributed by atoms with Crippen LogP contribution in [0.15, 0.2) is 24.3 Å². The highest BCUT2D eigenvalue weighted by Crippen LogP contribution is 2.35. The van der Waals surface area contributed by atoms with Crippen molar-refractivity contribution in [1.29, 1.82) is 0 Å². The summed E-state index contributed by atoms with van der Waals surface area (Å²) in [5.74, 6) is 2.68. The molecule has 0 radical (unpaired) electrons. The van der Waals surface area contributed by atoms with Gasteiger partial charge in [0.2, 0.25) is 0 Å². The highest BCUT2D eigenvalue weighted by molar-refractivity contribution is 5.27. The highest BCUT2D eigenvalue weighted by Gasteiger charge is 2.26. The van der Waals surface area contributed by atoms with Crippen LogP contribution in [0.1, 0.15) is 31.7 Å². The standard InChI is InChI=1S/C16H25NO/c1-3-17-12-15(14-5-4-6-14)11-13-7-9-16(18-2)10-8-13/h7-10,14-15,17H,3-6,11-12H2,1-2H3. The fourth-order valence-corrected chi connectivity index (χ4v) is 2.71. The van der Waals surface area contributed by atoms with E-state index in [2.05, 4.69) is 36.5 Å². The molecular formula is C16H25NO. The number of rotatable bonds is 7. The van der Waals surface area contributed by atoms with Crippen molar-refractivity contribution in [1.82, 2.24) is 5.32 Å². The van der Waals surface area contributed by atoms with Crippen LogP contribution in [-0.2, 0) is 6.42 Å². The molecule has 100 valence electrons. The Hall–Kier alpha value is -1.02.